The summed E-state index contributed by atoms with van der Waals surface area (Å²) >= 11 is 0. The van der Waals surface area contributed by atoms with Crippen LogP contribution in [0, 0.1) is 5.41 Å². The zero-order chi connectivity index (χ0) is 26.5. The fourth-order valence-corrected chi connectivity index (χ4v) is 5.37. The number of benzene rings is 2. The Labute approximate surface area is 222 Å². The smallest absolute Gasteiger partial charge is 0.253 e. The van der Waals surface area contributed by atoms with Crippen LogP contribution in [0.4, 0.5) is 0 Å². The van der Waals surface area contributed by atoms with Gasteiger partial charge in [-0.25, -0.2) is 0 Å². The summed E-state index contributed by atoms with van der Waals surface area (Å²) in [6.45, 7) is 5.47. The Morgan fingerprint density at radius 3 is 2.26 bits per heavy atom. The highest BCUT2D eigenvalue weighted by Crippen LogP contribution is 2.41. The van der Waals surface area contributed by atoms with E-state index >= 15 is 0 Å². The number of likely N-dealkylation sites (tertiary alicyclic amines) is 2. The molecule has 2 aliphatic rings. The molecule has 2 aliphatic heterocycles. The molecule has 2 amide bonds. The highest BCUT2D eigenvalue weighted by molar-refractivity contribution is 5.94. The van der Waals surface area contributed by atoms with Gasteiger partial charge < -0.3 is 23.8 Å². The summed E-state index contributed by atoms with van der Waals surface area (Å²) in [4.78, 5) is 34.3. The van der Waals surface area contributed by atoms with Gasteiger partial charge in [0.2, 0.25) is 17.6 Å². The monoisotopic (exact) mass is 518 g/mol. The number of hydrogen-bond donors (Lipinski definition) is 0. The molecule has 38 heavy (non-hydrogen) atoms. The zero-order valence-electron chi connectivity index (χ0n) is 22.0. The lowest BCUT2D eigenvalue weighted by molar-refractivity contribution is -0.130. The van der Waals surface area contributed by atoms with E-state index in [9.17, 15) is 9.59 Å². The summed E-state index contributed by atoms with van der Waals surface area (Å²) in [5.41, 5.74) is 1.61. The Balaban J connectivity index is 1.09. The van der Waals surface area contributed by atoms with Gasteiger partial charge in [0, 0.05) is 50.1 Å². The van der Waals surface area contributed by atoms with Gasteiger partial charge in [-0.15, -0.1) is 0 Å². The number of carbonyl (C=O) groups is 2. The lowest BCUT2D eigenvalue weighted by Crippen LogP contribution is -2.44. The third kappa shape index (κ3) is 5.66. The van der Waals surface area contributed by atoms with E-state index in [1.54, 1.807) is 7.11 Å². The minimum atomic E-state index is 0.0578. The molecule has 0 N–H and O–H groups in total. The molecule has 2 fully saturated rings. The molecule has 5 rings (SSSR count). The predicted octanol–water partition coefficient (Wildman–Crippen LogP) is 4.23. The first-order chi connectivity index (χ1) is 18.5. The summed E-state index contributed by atoms with van der Waals surface area (Å²) in [5, 5.41) is 4.05. The fourth-order valence-electron chi connectivity index (χ4n) is 5.37. The van der Waals surface area contributed by atoms with Gasteiger partial charge in [0.15, 0.2) is 0 Å². The SMILES string of the molecule is CCOc1ccc(C(=O)N2CCC3(CCN(C(=O)CCc4nc(-c5ccc(OC)cc5)no4)C3)CC2)cc1. The van der Waals surface area contributed by atoms with E-state index in [1.165, 1.54) is 0 Å². The van der Waals surface area contributed by atoms with Gasteiger partial charge in [-0.2, -0.15) is 4.98 Å². The molecule has 0 saturated carbocycles. The van der Waals surface area contributed by atoms with Crippen LogP contribution in [0.1, 0.15) is 48.9 Å². The van der Waals surface area contributed by atoms with Crippen molar-refractivity contribution >= 4 is 11.8 Å². The molecule has 2 aromatic carbocycles. The van der Waals surface area contributed by atoms with E-state index in [2.05, 4.69) is 10.1 Å². The normalized spacial score (nSPS) is 16.6. The van der Waals surface area contributed by atoms with E-state index in [0.717, 1.165) is 49.4 Å². The number of amides is 2. The van der Waals surface area contributed by atoms with Gasteiger partial charge in [0.1, 0.15) is 11.5 Å². The molecule has 3 aromatic rings. The first kappa shape index (κ1) is 25.8. The number of ether oxygens (including phenoxy) is 2. The van der Waals surface area contributed by atoms with Crippen molar-refractivity contribution in [2.75, 3.05) is 39.9 Å². The van der Waals surface area contributed by atoms with E-state index < -0.39 is 0 Å². The second kappa shape index (κ2) is 11.2. The van der Waals surface area contributed by atoms with Crippen LogP contribution in [0.25, 0.3) is 11.4 Å². The molecule has 0 radical (unpaired) electrons. The first-order valence-corrected chi connectivity index (χ1v) is 13.3. The van der Waals surface area contributed by atoms with Crippen molar-refractivity contribution in [3.05, 3.63) is 60.0 Å². The molecule has 9 heteroatoms. The molecule has 200 valence electrons. The van der Waals surface area contributed by atoms with Crippen molar-refractivity contribution in [1.82, 2.24) is 19.9 Å². The summed E-state index contributed by atoms with van der Waals surface area (Å²) in [7, 11) is 1.62. The number of aromatic nitrogens is 2. The van der Waals surface area contributed by atoms with Crippen LogP contribution in [-0.2, 0) is 11.2 Å². The largest absolute Gasteiger partial charge is 0.497 e. The molecular weight excluding hydrogens is 484 g/mol. The summed E-state index contributed by atoms with van der Waals surface area (Å²) in [6, 6.07) is 14.8. The second-order valence-electron chi connectivity index (χ2n) is 10.1. The van der Waals surface area contributed by atoms with Gasteiger partial charge in [-0.05, 0) is 80.1 Å². The minimum Gasteiger partial charge on any atom is -0.497 e. The second-order valence-corrected chi connectivity index (χ2v) is 10.1. The van der Waals surface area contributed by atoms with Gasteiger partial charge in [-0.1, -0.05) is 5.16 Å². The molecule has 0 unspecified atom stereocenters. The topological polar surface area (TPSA) is 98.0 Å². The van der Waals surface area contributed by atoms with Crippen LogP contribution in [0.2, 0.25) is 0 Å². The van der Waals surface area contributed by atoms with Crippen molar-refractivity contribution in [2.45, 2.75) is 39.0 Å². The number of piperidine rings is 1. The number of methoxy groups -OCH3 is 1. The van der Waals surface area contributed by atoms with Crippen LogP contribution in [0.3, 0.4) is 0 Å². The van der Waals surface area contributed by atoms with Crippen molar-refractivity contribution in [3.8, 4) is 22.9 Å². The third-order valence-electron chi connectivity index (χ3n) is 7.68. The number of nitrogens with zero attached hydrogens (tertiary/aromatic N) is 4. The van der Waals surface area contributed by atoms with Gasteiger partial charge in [0.05, 0.1) is 13.7 Å². The van der Waals surface area contributed by atoms with Crippen molar-refractivity contribution in [1.29, 1.82) is 0 Å². The van der Waals surface area contributed by atoms with E-state index in [-0.39, 0.29) is 17.2 Å². The van der Waals surface area contributed by atoms with Gasteiger partial charge in [-0.3, -0.25) is 9.59 Å². The van der Waals surface area contributed by atoms with Crippen molar-refractivity contribution in [2.24, 2.45) is 5.41 Å². The maximum absolute atomic E-state index is 13.0. The van der Waals surface area contributed by atoms with Crippen LogP contribution in [0.15, 0.2) is 53.1 Å². The Morgan fingerprint density at radius 2 is 1.61 bits per heavy atom. The molecule has 2 saturated heterocycles. The molecule has 0 bridgehead atoms. The Hall–Kier alpha value is -3.88. The predicted molar refractivity (Wildman–Crippen MR) is 141 cm³/mol. The lowest BCUT2D eigenvalue weighted by atomic mass is 9.77. The molecular formula is C29H34N4O5. The van der Waals surface area contributed by atoms with Crippen LogP contribution in [0.5, 0.6) is 11.5 Å². The number of carbonyl (C=O) groups excluding carboxylic acids is 2. The van der Waals surface area contributed by atoms with E-state index in [4.69, 9.17) is 14.0 Å². The average molecular weight is 519 g/mol. The number of hydrogen-bond acceptors (Lipinski definition) is 7. The standard InChI is InChI=1S/C29H34N4O5/c1-3-37-24-10-6-22(7-11-24)28(35)32-17-14-29(15-18-32)16-19-33(20-29)26(34)13-12-25-30-27(31-38-25)21-4-8-23(36-2)9-5-21/h4-11H,3,12-20H2,1-2H3. The van der Waals surface area contributed by atoms with Crippen LogP contribution < -0.4 is 9.47 Å². The summed E-state index contributed by atoms with van der Waals surface area (Å²) < 4.78 is 16.0. The van der Waals surface area contributed by atoms with Crippen LogP contribution in [-0.4, -0.2) is 71.7 Å². The van der Waals surface area contributed by atoms with Crippen LogP contribution >= 0.6 is 0 Å². The van der Waals surface area contributed by atoms with E-state index in [1.807, 2.05) is 65.3 Å². The Kier molecular flexibility index (Phi) is 7.62. The van der Waals surface area contributed by atoms with Gasteiger partial charge >= 0.3 is 0 Å². The first-order valence-electron chi connectivity index (χ1n) is 13.3. The molecule has 0 aliphatic carbocycles. The maximum Gasteiger partial charge on any atom is 0.253 e. The lowest BCUT2D eigenvalue weighted by Gasteiger charge is -2.39. The Morgan fingerprint density at radius 1 is 0.947 bits per heavy atom. The molecule has 1 spiro atoms. The fraction of sp³-hybridized carbons (Fsp3) is 0.448. The highest BCUT2D eigenvalue weighted by Gasteiger charge is 2.42. The van der Waals surface area contributed by atoms with Gasteiger partial charge in [0.25, 0.3) is 5.91 Å². The van der Waals surface area contributed by atoms with E-state index in [0.29, 0.717) is 49.8 Å². The molecule has 9 nitrogen and oxygen atoms in total. The summed E-state index contributed by atoms with van der Waals surface area (Å²) in [6.07, 6.45) is 3.55. The minimum absolute atomic E-state index is 0.0578. The molecule has 1 aromatic heterocycles. The number of aryl methyl sites for hydroxylation is 1. The molecule has 0 atom stereocenters. The maximum atomic E-state index is 13.0. The quantitative estimate of drug-likeness (QED) is 0.440. The zero-order valence-corrected chi connectivity index (χ0v) is 22.0. The van der Waals surface area contributed by atoms with Crippen molar-refractivity contribution in [3.63, 3.8) is 0 Å². The van der Waals surface area contributed by atoms with Crippen molar-refractivity contribution < 1.29 is 23.6 Å². The number of rotatable bonds is 8. The summed E-state index contributed by atoms with van der Waals surface area (Å²) in [5.74, 6) is 2.66. The highest BCUT2D eigenvalue weighted by atomic mass is 16.5. The average Bonchev–Trinajstić information content (AvgIpc) is 3.60. The molecule has 3 heterocycles. The third-order valence-corrected chi connectivity index (χ3v) is 7.68. The Bertz CT molecular complexity index is 1250.